The van der Waals surface area contributed by atoms with E-state index < -0.39 is 0 Å². The maximum atomic E-state index is 5.83. The third kappa shape index (κ3) is 3.14. The molecular weight excluding hydrogens is 194 g/mol. The van der Waals surface area contributed by atoms with Gasteiger partial charge in [-0.25, -0.2) is 0 Å². The van der Waals surface area contributed by atoms with Crippen LogP contribution in [0.1, 0.15) is 12.8 Å². The molecule has 77 valence electrons. The number of methoxy groups -OCH3 is 1. The summed E-state index contributed by atoms with van der Waals surface area (Å²) < 4.78 is 5.13. The Bertz CT molecular complexity index is 289. The molecule has 3 heteroatoms. The fourth-order valence-corrected chi connectivity index (χ4v) is 2.05. The van der Waals surface area contributed by atoms with Gasteiger partial charge in [-0.15, -0.1) is 11.8 Å². The van der Waals surface area contributed by atoms with Crippen LogP contribution in [0.2, 0.25) is 0 Å². The highest BCUT2D eigenvalue weighted by molar-refractivity contribution is 7.99. The number of unbranched alkanes of at least 4 members (excludes halogenated alkanes) is 1. The van der Waals surface area contributed by atoms with E-state index in [1.54, 1.807) is 18.9 Å². The molecule has 1 aromatic carbocycles. The van der Waals surface area contributed by atoms with E-state index in [0.717, 1.165) is 34.9 Å². The van der Waals surface area contributed by atoms with Crippen molar-refractivity contribution in [3.8, 4) is 5.75 Å². The Morgan fingerprint density at radius 1 is 1.50 bits per heavy atom. The van der Waals surface area contributed by atoms with Gasteiger partial charge in [-0.1, -0.05) is 13.3 Å². The molecule has 0 saturated carbocycles. The number of rotatable bonds is 5. The predicted molar refractivity (Wildman–Crippen MR) is 62.7 cm³/mol. The molecule has 1 rings (SSSR count). The summed E-state index contributed by atoms with van der Waals surface area (Å²) in [5.74, 6) is 1.91. The lowest BCUT2D eigenvalue weighted by Crippen LogP contribution is -1.91. The maximum absolute atomic E-state index is 5.83. The molecule has 1 radical (unpaired) electrons. The van der Waals surface area contributed by atoms with Crippen molar-refractivity contribution in [2.45, 2.75) is 17.7 Å². The summed E-state index contributed by atoms with van der Waals surface area (Å²) in [5, 5.41) is 0. The molecule has 0 aliphatic heterocycles. The van der Waals surface area contributed by atoms with Gasteiger partial charge in [-0.05, 0) is 30.4 Å². The molecule has 14 heavy (non-hydrogen) atoms. The Kier molecular flexibility index (Phi) is 4.66. The molecule has 0 atom stereocenters. The van der Waals surface area contributed by atoms with Crippen molar-refractivity contribution in [2.75, 3.05) is 18.6 Å². The van der Waals surface area contributed by atoms with Crippen LogP contribution in [0.4, 0.5) is 5.69 Å². The van der Waals surface area contributed by atoms with Gasteiger partial charge in [0.2, 0.25) is 0 Å². The molecule has 0 aliphatic rings. The molecule has 2 nitrogen and oxygen atoms in total. The van der Waals surface area contributed by atoms with Gasteiger partial charge in [0.15, 0.2) is 0 Å². The topological polar surface area (TPSA) is 35.2 Å². The molecule has 0 saturated heterocycles. The average Bonchev–Trinajstić information content (AvgIpc) is 2.21. The van der Waals surface area contributed by atoms with Gasteiger partial charge < -0.3 is 10.5 Å². The molecule has 2 N–H and O–H groups in total. The quantitative estimate of drug-likeness (QED) is 0.461. The SMILES string of the molecule is [CH2]CCCSc1cc(OC)ccc1N. The number of hydrogen-bond acceptors (Lipinski definition) is 3. The number of ether oxygens (including phenoxy) is 1. The molecule has 0 aliphatic carbocycles. The largest absolute Gasteiger partial charge is 0.497 e. The summed E-state index contributed by atoms with van der Waals surface area (Å²) in [6.45, 7) is 3.80. The summed E-state index contributed by atoms with van der Waals surface area (Å²) in [4.78, 5) is 1.10. The standard InChI is InChI=1S/C11H16NOS/c1-3-4-7-14-11-8-9(13-2)5-6-10(11)12/h5-6,8H,1,3-4,7,12H2,2H3. The Morgan fingerprint density at radius 2 is 2.29 bits per heavy atom. The van der Waals surface area contributed by atoms with Gasteiger partial charge in [0.25, 0.3) is 0 Å². The van der Waals surface area contributed by atoms with Crippen LogP contribution in [0.15, 0.2) is 23.1 Å². The summed E-state index contributed by atoms with van der Waals surface area (Å²) in [6.07, 6.45) is 2.08. The number of benzene rings is 1. The van der Waals surface area contributed by atoms with Crippen molar-refractivity contribution in [3.05, 3.63) is 25.1 Å². The highest BCUT2D eigenvalue weighted by Crippen LogP contribution is 2.29. The molecule has 0 amide bonds. The van der Waals surface area contributed by atoms with E-state index in [0.29, 0.717) is 0 Å². The fourth-order valence-electron chi connectivity index (χ4n) is 1.05. The predicted octanol–water partition coefficient (Wildman–Crippen LogP) is 2.98. The van der Waals surface area contributed by atoms with Gasteiger partial charge in [-0.3, -0.25) is 0 Å². The molecule has 0 unspecified atom stereocenters. The first-order chi connectivity index (χ1) is 6.77. The van der Waals surface area contributed by atoms with Crippen LogP contribution >= 0.6 is 11.8 Å². The summed E-state index contributed by atoms with van der Waals surface area (Å²) >= 11 is 1.76. The minimum absolute atomic E-state index is 0.819. The first-order valence-electron chi connectivity index (χ1n) is 4.63. The highest BCUT2D eigenvalue weighted by atomic mass is 32.2. The van der Waals surface area contributed by atoms with E-state index in [1.165, 1.54) is 0 Å². The Hall–Kier alpha value is -0.830. The second-order valence-electron chi connectivity index (χ2n) is 2.96. The van der Waals surface area contributed by atoms with Gasteiger partial charge in [0.1, 0.15) is 5.75 Å². The van der Waals surface area contributed by atoms with Gasteiger partial charge in [-0.2, -0.15) is 0 Å². The van der Waals surface area contributed by atoms with Crippen molar-refractivity contribution in [3.63, 3.8) is 0 Å². The lowest BCUT2D eigenvalue weighted by molar-refractivity contribution is 0.414. The van der Waals surface area contributed by atoms with E-state index >= 15 is 0 Å². The van der Waals surface area contributed by atoms with Gasteiger partial charge in [0.05, 0.1) is 7.11 Å². The van der Waals surface area contributed by atoms with Crippen LogP contribution in [0.5, 0.6) is 5.75 Å². The summed E-state index contributed by atoms with van der Waals surface area (Å²) in [6, 6.07) is 5.73. The molecule has 0 heterocycles. The smallest absolute Gasteiger partial charge is 0.120 e. The zero-order valence-corrected chi connectivity index (χ0v) is 9.27. The first kappa shape index (κ1) is 11.2. The zero-order chi connectivity index (χ0) is 10.4. The number of hydrogen-bond donors (Lipinski definition) is 1. The monoisotopic (exact) mass is 210 g/mol. The zero-order valence-electron chi connectivity index (χ0n) is 8.45. The third-order valence-corrected chi connectivity index (χ3v) is 3.03. The molecule has 0 spiro atoms. The normalized spacial score (nSPS) is 10.1. The van der Waals surface area contributed by atoms with Crippen molar-refractivity contribution < 1.29 is 4.74 Å². The Balaban J connectivity index is 2.64. The second kappa shape index (κ2) is 5.81. The van der Waals surface area contributed by atoms with Crippen LogP contribution in [-0.2, 0) is 0 Å². The third-order valence-electron chi connectivity index (χ3n) is 1.87. The molecule has 0 fully saturated rings. The number of anilines is 1. The number of nitrogen functional groups attached to an aromatic ring is 1. The van der Waals surface area contributed by atoms with Crippen molar-refractivity contribution in [1.29, 1.82) is 0 Å². The lowest BCUT2D eigenvalue weighted by Gasteiger charge is -2.07. The first-order valence-corrected chi connectivity index (χ1v) is 5.62. The summed E-state index contributed by atoms with van der Waals surface area (Å²) in [5.41, 5.74) is 6.65. The van der Waals surface area contributed by atoms with E-state index in [2.05, 4.69) is 6.92 Å². The van der Waals surface area contributed by atoms with E-state index in [-0.39, 0.29) is 0 Å². The van der Waals surface area contributed by atoms with Crippen LogP contribution < -0.4 is 10.5 Å². The van der Waals surface area contributed by atoms with E-state index in [9.17, 15) is 0 Å². The number of nitrogens with two attached hydrogens (primary N) is 1. The minimum Gasteiger partial charge on any atom is -0.497 e. The van der Waals surface area contributed by atoms with Gasteiger partial charge in [0, 0.05) is 10.6 Å². The fraction of sp³-hybridized carbons (Fsp3) is 0.364. The molecule has 1 aromatic rings. The second-order valence-corrected chi connectivity index (χ2v) is 4.10. The molecular formula is C11H16NOS. The minimum atomic E-state index is 0.819. The average molecular weight is 210 g/mol. The Morgan fingerprint density at radius 3 is 2.93 bits per heavy atom. The van der Waals surface area contributed by atoms with E-state index in [1.807, 2.05) is 18.2 Å². The maximum Gasteiger partial charge on any atom is 0.120 e. The number of thioether (sulfide) groups is 1. The van der Waals surface area contributed by atoms with Crippen LogP contribution in [0, 0.1) is 6.92 Å². The van der Waals surface area contributed by atoms with Gasteiger partial charge >= 0.3 is 0 Å². The molecule has 0 aromatic heterocycles. The molecule has 0 bridgehead atoms. The van der Waals surface area contributed by atoms with Crippen LogP contribution in [0.3, 0.4) is 0 Å². The van der Waals surface area contributed by atoms with E-state index in [4.69, 9.17) is 10.5 Å². The lowest BCUT2D eigenvalue weighted by atomic mass is 10.3. The van der Waals surface area contributed by atoms with Crippen molar-refractivity contribution in [1.82, 2.24) is 0 Å². The highest BCUT2D eigenvalue weighted by Gasteiger charge is 2.01. The Labute approximate surface area is 89.8 Å². The van der Waals surface area contributed by atoms with Crippen molar-refractivity contribution in [2.24, 2.45) is 0 Å². The van der Waals surface area contributed by atoms with Crippen LogP contribution in [-0.4, -0.2) is 12.9 Å². The van der Waals surface area contributed by atoms with Crippen LogP contribution in [0.25, 0.3) is 0 Å². The summed E-state index contributed by atoms with van der Waals surface area (Å²) in [7, 11) is 1.66. The van der Waals surface area contributed by atoms with Crippen molar-refractivity contribution >= 4 is 17.4 Å².